The van der Waals surface area contributed by atoms with Crippen molar-refractivity contribution < 1.29 is 14.7 Å². The van der Waals surface area contributed by atoms with Crippen molar-refractivity contribution in [2.45, 2.75) is 12.8 Å². The van der Waals surface area contributed by atoms with Crippen molar-refractivity contribution >= 4 is 23.4 Å². The smallest absolute Gasteiger partial charge is 0.323 e. The molecule has 0 fully saturated rings. The monoisotopic (exact) mass is 274 g/mol. The number of hydrogen-bond donors (Lipinski definition) is 4. The van der Waals surface area contributed by atoms with Crippen molar-refractivity contribution in [2.75, 3.05) is 10.6 Å². The zero-order valence-electron chi connectivity index (χ0n) is 10.6. The first-order chi connectivity index (χ1) is 9.63. The number of aromatic nitrogens is 2. The number of aryl methyl sites for hydroxylation is 1. The fraction of sp³-hybridized carbons (Fsp3) is 0.154. The maximum Gasteiger partial charge on any atom is 0.323 e. The van der Waals surface area contributed by atoms with Crippen molar-refractivity contribution in [3.8, 4) is 0 Å². The Hall–Kier alpha value is -2.83. The molecule has 1 aromatic heterocycles. The number of benzene rings is 1. The summed E-state index contributed by atoms with van der Waals surface area (Å²) >= 11 is 0. The Morgan fingerprint density at radius 3 is 2.75 bits per heavy atom. The van der Waals surface area contributed by atoms with Gasteiger partial charge in [0.15, 0.2) is 0 Å². The number of carbonyl (C=O) groups excluding carboxylic acids is 1. The average molecular weight is 274 g/mol. The molecule has 2 amide bonds. The summed E-state index contributed by atoms with van der Waals surface area (Å²) in [5.74, 6) is -0.846. The fourth-order valence-electron chi connectivity index (χ4n) is 1.67. The molecule has 0 radical (unpaired) electrons. The van der Waals surface area contributed by atoms with E-state index >= 15 is 0 Å². The van der Waals surface area contributed by atoms with Gasteiger partial charge < -0.3 is 15.7 Å². The van der Waals surface area contributed by atoms with E-state index in [1.54, 1.807) is 24.4 Å². The number of amides is 2. The van der Waals surface area contributed by atoms with Gasteiger partial charge in [0.2, 0.25) is 0 Å². The van der Waals surface area contributed by atoms with Crippen LogP contribution in [0.1, 0.15) is 12.0 Å². The summed E-state index contributed by atoms with van der Waals surface area (Å²) in [6, 6.07) is 6.69. The van der Waals surface area contributed by atoms with E-state index in [0.717, 1.165) is 5.56 Å². The van der Waals surface area contributed by atoms with Gasteiger partial charge in [-0.15, -0.1) is 0 Å². The zero-order valence-corrected chi connectivity index (χ0v) is 10.6. The van der Waals surface area contributed by atoms with E-state index in [1.807, 2.05) is 6.07 Å². The van der Waals surface area contributed by atoms with Crippen LogP contribution in [0, 0.1) is 0 Å². The number of nitrogens with zero attached hydrogens (tertiary/aromatic N) is 1. The SMILES string of the molecule is O=C(O)CCc1cccc(NC(=O)Nc2cn[nH]c2)c1. The predicted octanol–water partition coefficient (Wildman–Crippen LogP) is 2.07. The summed E-state index contributed by atoms with van der Waals surface area (Å²) in [6.07, 6.45) is 3.53. The summed E-state index contributed by atoms with van der Waals surface area (Å²) in [5.41, 5.74) is 2.02. The van der Waals surface area contributed by atoms with Crippen LogP contribution in [0.2, 0.25) is 0 Å². The minimum atomic E-state index is -0.846. The molecule has 0 saturated heterocycles. The van der Waals surface area contributed by atoms with Gasteiger partial charge in [0, 0.05) is 18.3 Å². The first kappa shape index (κ1) is 13.6. The largest absolute Gasteiger partial charge is 0.481 e. The number of urea groups is 1. The third-order valence-electron chi connectivity index (χ3n) is 2.57. The molecule has 0 atom stereocenters. The Balaban J connectivity index is 1.93. The molecule has 0 unspecified atom stereocenters. The number of carboxylic acids is 1. The van der Waals surface area contributed by atoms with Crippen molar-refractivity contribution in [2.24, 2.45) is 0 Å². The molecule has 1 aromatic carbocycles. The molecule has 0 aliphatic rings. The van der Waals surface area contributed by atoms with Crippen LogP contribution >= 0.6 is 0 Å². The minimum absolute atomic E-state index is 0.0602. The van der Waals surface area contributed by atoms with Crippen molar-refractivity contribution in [1.29, 1.82) is 0 Å². The summed E-state index contributed by atoms with van der Waals surface area (Å²) in [7, 11) is 0. The highest BCUT2D eigenvalue weighted by Crippen LogP contribution is 2.13. The van der Waals surface area contributed by atoms with Crippen LogP contribution < -0.4 is 10.6 Å². The molecule has 0 saturated carbocycles. The molecule has 7 nitrogen and oxygen atoms in total. The Morgan fingerprint density at radius 2 is 2.05 bits per heavy atom. The van der Waals surface area contributed by atoms with E-state index in [2.05, 4.69) is 20.8 Å². The summed E-state index contributed by atoms with van der Waals surface area (Å²) in [6.45, 7) is 0. The third kappa shape index (κ3) is 4.13. The van der Waals surface area contributed by atoms with Gasteiger partial charge in [-0.05, 0) is 24.1 Å². The lowest BCUT2D eigenvalue weighted by Crippen LogP contribution is -2.19. The molecule has 7 heteroatoms. The van der Waals surface area contributed by atoms with Crippen LogP contribution in [-0.4, -0.2) is 27.3 Å². The highest BCUT2D eigenvalue weighted by molar-refractivity contribution is 5.99. The van der Waals surface area contributed by atoms with Crippen LogP contribution in [0.15, 0.2) is 36.7 Å². The average Bonchev–Trinajstić information content (AvgIpc) is 2.89. The molecular weight excluding hydrogens is 260 g/mol. The number of nitrogens with one attached hydrogen (secondary N) is 3. The molecule has 2 aromatic rings. The number of aliphatic carboxylic acids is 1. The molecule has 20 heavy (non-hydrogen) atoms. The zero-order chi connectivity index (χ0) is 14.4. The van der Waals surface area contributed by atoms with Crippen molar-refractivity contribution in [3.63, 3.8) is 0 Å². The standard InChI is InChI=1S/C13H14N4O3/c18-12(19)5-4-9-2-1-3-10(6-9)16-13(20)17-11-7-14-15-8-11/h1-3,6-8H,4-5H2,(H,14,15)(H,18,19)(H2,16,17,20). The van der Waals surface area contributed by atoms with Gasteiger partial charge in [-0.2, -0.15) is 5.10 Å². The number of anilines is 2. The van der Waals surface area contributed by atoms with Gasteiger partial charge in [-0.1, -0.05) is 12.1 Å². The predicted molar refractivity (Wildman–Crippen MR) is 73.6 cm³/mol. The van der Waals surface area contributed by atoms with Crippen molar-refractivity contribution in [3.05, 3.63) is 42.2 Å². The lowest BCUT2D eigenvalue weighted by molar-refractivity contribution is -0.136. The van der Waals surface area contributed by atoms with Gasteiger partial charge in [0.1, 0.15) is 0 Å². The highest BCUT2D eigenvalue weighted by atomic mass is 16.4. The van der Waals surface area contributed by atoms with Gasteiger partial charge in [-0.3, -0.25) is 9.89 Å². The van der Waals surface area contributed by atoms with E-state index in [9.17, 15) is 9.59 Å². The van der Waals surface area contributed by atoms with Gasteiger partial charge in [0.05, 0.1) is 11.9 Å². The molecule has 2 rings (SSSR count). The Bertz CT molecular complexity index is 595. The molecule has 0 aliphatic carbocycles. The summed E-state index contributed by atoms with van der Waals surface area (Å²) in [4.78, 5) is 22.2. The molecule has 0 spiro atoms. The third-order valence-corrected chi connectivity index (χ3v) is 2.57. The number of carboxylic acid groups (broad SMARTS) is 1. The van der Waals surface area contributed by atoms with Gasteiger partial charge in [0.25, 0.3) is 0 Å². The second-order valence-corrected chi connectivity index (χ2v) is 4.16. The number of hydrogen-bond acceptors (Lipinski definition) is 3. The first-order valence-corrected chi connectivity index (χ1v) is 6.01. The first-order valence-electron chi connectivity index (χ1n) is 6.01. The lowest BCUT2D eigenvalue weighted by atomic mass is 10.1. The van der Waals surface area contributed by atoms with Crippen LogP contribution in [0.5, 0.6) is 0 Å². The number of rotatable bonds is 5. The normalized spacial score (nSPS) is 10.0. The van der Waals surface area contributed by atoms with Crippen molar-refractivity contribution in [1.82, 2.24) is 10.2 Å². The maximum atomic E-state index is 11.7. The molecule has 0 aliphatic heterocycles. The van der Waals surface area contributed by atoms with E-state index in [0.29, 0.717) is 17.8 Å². The molecule has 104 valence electrons. The van der Waals surface area contributed by atoms with Crippen LogP contribution in [-0.2, 0) is 11.2 Å². The highest BCUT2D eigenvalue weighted by Gasteiger charge is 2.05. The molecule has 0 bridgehead atoms. The molecule has 1 heterocycles. The lowest BCUT2D eigenvalue weighted by Gasteiger charge is -2.07. The second kappa shape index (κ2) is 6.37. The quantitative estimate of drug-likeness (QED) is 0.669. The van der Waals surface area contributed by atoms with Gasteiger partial charge in [-0.25, -0.2) is 4.79 Å². The van der Waals surface area contributed by atoms with E-state index < -0.39 is 5.97 Å². The van der Waals surface area contributed by atoms with Gasteiger partial charge >= 0.3 is 12.0 Å². The summed E-state index contributed by atoms with van der Waals surface area (Å²) < 4.78 is 0. The van der Waals surface area contributed by atoms with E-state index in [4.69, 9.17) is 5.11 Å². The Kier molecular flexibility index (Phi) is 4.33. The van der Waals surface area contributed by atoms with E-state index in [1.165, 1.54) is 6.20 Å². The number of H-pyrrole nitrogens is 1. The summed E-state index contributed by atoms with van der Waals surface area (Å²) in [5, 5.41) is 20.2. The van der Waals surface area contributed by atoms with Crippen LogP contribution in [0.25, 0.3) is 0 Å². The Morgan fingerprint density at radius 1 is 1.25 bits per heavy atom. The number of aromatic amines is 1. The number of carbonyl (C=O) groups is 2. The molecular formula is C13H14N4O3. The minimum Gasteiger partial charge on any atom is -0.481 e. The van der Waals surface area contributed by atoms with Crippen LogP contribution in [0.4, 0.5) is 16.2 Å². The topological polar surface area (TPSA) is 107 Å². The maximum absolute atomic E-state index is 11.7. The Labute approximate surface area is 115 Å². The second-order valence-electron chi connectivity index (χ2n) is 4.16. The fourth-order valence-corrected chi connectivity index (χ4v) is 1.67. The molecule has 4 N–H and O–H groups in total. The van der Waals surface area contributed by atoms with E-state index in [-0.39, 0.29) is 12.5 Å². The van der Waals surface area contributed by atoms with Crippen LogP contribution in [0.3, 0.4) is 0 Å².